The molecule has 0 atom stereocenters. The predicted octanol–water partition coefficient (Wildman–Crippen LogP) is 3.82. The van der Waals surface area contributed by atoms with Crippen molar-refractivity contribution in [3.05, 3.63) is 60.2 Å². The van der Waals surface area contributed by atoms with Gasteiger partial charge in [-0.05, 0) is 43.2 Å². The van der Waals surface area contributed by atoms with E-state index in [4.69, 9.17) is 0 Å². The Kier molecular flexibility index (Phi) is 6.47. The zero-order chi connectivity index (χ0) is 19.1. The van der Waals surface area contributed by atoms with Gasteiger partial charge in [-0.15, -0.1) is 0 Å². The molecule has 1 aliphatic carbocycles. The van der Waals surface area contributed by atoms with Gasteiger partial charge in [-0.1, -0.05) is 43.5 Å². The minimum absolute atomic E-state index is 0.0433. The fourth-order valence-electron chi connectivity index (χ4n) is 3.38. The Morgan fingerprint density at radius 1 is 1.00 bits per heavy atom. The van der Waals surface area contributed by atoms with E-state index in [1.165, 1.54) is 19.3 Å². The molecular weight excluding hydrogens is 338 g/mol. The highest BCUT2D eigenvalue weighted by molar-refractivity contribution is 5.97. The highest BCUT2D eigenvalue weighted by Gasteiger charge is 2.17. The summed E-state index contributed by atoms with van der Waals surface area (Å²) in [7, 11) is 1.76. The number of amides is 2. The molecule has 1 saturated carbocycles. The molecule has 0 heterocycles. The molecule has 0 radical (unpaired) electrons. The first-order valence-corrected chi connectivity index (χ1v) is 9.60. The predicted molar refractivity (Wildman–Crippen MR) is 109 cm³/mol. The first-order valence-electron chi connectivity index (χ1n) is 9.60. The summed E-state index contributed by atoms with van der Waals surface area (Å²) in [5, 5.41) is 6.25. The Bertz CT molecular complexity index is 770. The standard InChI is InChI=1S/C22H27N3O2/c1-25(20-13-6-3-7-14-20)21(26)16-23-19-12-8-9-17(15-19)22(27)24-18-10-4-2-5-11-18/h3,6-9,12-15,18,23H,2,4-5,10-11,16H2,1H3,(H,24,27). The van der Waals surface area contributed by atoms with E-state index in [0.29, 0.717) is 5.56 Å². The van der Waals surface area contributed by atoms with Crippen LogP contribution in [0.5, 0.6) is 0 Å². The molecule has 2 N–H and O–H groups in total. The maximum Gasteiger partial charge on any atom is 0.251 e. The lowest BCUT2D eigenvalue weighted by molar-refractivity contribution is -0.116. The van der Waals surface area contributed by atoms with E-state index in [9.17, 15) is 9.59 Å². The zero-order valence-electron chi connectivity index (χ0n) is 15.8. The van der Waals surface area contributed by atoms with Crippen LogP contribution in [0.4, 0.5) is 11.4 Å². The molecule has 5 nitrogen and oxygen atoms in total. The van der Waals surface area contributed by atoms with Gasteiger partial charge in [0.05, 0.1) is 6.54 Å². The van der Waals surface area contributed by atoms with Gasteiger partial charge in [0, 0.05) is 30.0 Å². The lowest BCUT2D eigenvalue weighted by Gasteiger charge is -2.23. The van der Waals surface area contributed by atoms with Crippen molar-refractivity contribution in [1.29, 1.82) is 0 Å². The van der Waals surface area contributed by atoms with Gasteiger partial charge in [-0.25, -0.2) is 0 Å². The van der Waals surface area contributed by atoms with Crippen molar-refractivity contribution >= 4 is 23.2 Å². The Morgan fingerprint density at radius 3 is 2.48 bits per heavy atom. The van der Waals surface area contributed by atoms with Gasteiger partial charge in [0.1, 0.15) is 0 Å². The number of para-hydroxylation sites is 1. The highest BCUT2D eigenvalue weighted by atomic mass is 16.2. The second-order valence-electron chi connectivity index (χ2n) is 7.03. The number of rotatable bonds is 6. The van der Waals surface area contributed by atoms with Crippen LogP contribution in [-0.4, -0.2) is 31.4 Å². The summed E-state index contributed by atoms with van der Waals surface area (Å²) >= 11 is 0. The number of likely N-dealkylation sites (N-methyl/N-ethyl adjacent to an activating group) is 1. The van der Waals surface area contributed by atoms with E-state index < -0.39 is 0 Å². The third kappa shape index (κ3) is 5.33. The summed E-state index contributed by atoms with van der Waals surface area (Å²) in [5.74, 6) is -0.0865. The highest BCUT2D eigenvalue weighted by Crippen LogP contribution is 2.18. The molecule has 1 fully saturated rings. The maximum absolute atomic E-state index is 12.5. The molecule has 5 heteroatoms. The lowest BCUT2D eigenvalue weighted by atomic mass is 9.95. The molecule has 27 heavy (non-hydrogen) atoms. The second-order valence-corrected chi connectivity index (χ2v) is 7.03. The SMILES string of the molecule is CN(C(=O)CNc1cccc(C(=O)NC2CCCCC2)c1)c1ccccc1. The minimum Gasteiger partial charge on any atom is -0.376 e. The van der Waals surface area contributed by atoms with Gasteiger partial charge in [0.2, 0.25) is 5.91 Å². The van der Waals surface area contributed by atoms with Crippen molar-refractivity contribution in [3.8, 4) is 0 Å². The van der Waals surface area contributed by atoms with E-state index in [0.717, 1.165) is 24.2 Å². The summed E-state index contributed by atoms with van der Waals surface area (Å²) < 4.78 is 0. The summed E-state index contributed by atoms with van der Waals surface area (Å²) in [4.78, 5) is 26.5. The topological polar surface area (TPSA) is 61.4 Å². The first kappa shape index (κ1) is 19.0. The van der Waals surface area contributed by atoms with Gasteiger partial charge in [-0.3, -0.25) is 9.59 Å². The molecule has 0 saturated heterocycles. The second kappa shape index (κ2) is 9.21. The van der Waals surface area contributed by atoms with E-state index in [1.54, 1.807) is 24.1 Å². The van der Waals surface area contributed by atoms with Crippen LogP contribution < -0.4 is 15.5 Å². The minimum atomic E-state index is -0.0433. The van der Waals surface area contributed by atoms with Crippen molar-refractivity contribution < 1.29 is 9.59 Å². The van der Waals surface area contributed by atoms with Crippen molar-refractivity contribution in [1.82, 2.24) is 5.32 Å². The van der Waals surface area contributed by atoms with Crippen LogP contribution in [0.15, 0.2) is 54.6 Å². The molecule has 0 unspecified atom stereocenters. The number of nitrogens with one attached hydrogen (secondary N) is 2. The Balaban J connectivity index is 1.55. The molecule has 0 bridgehead atoms. The number of hydrogen-bond donors (Lipinski definition) is 2. The van der Waals surface area contributed by atoms with E-state index in [1.807, 2.05) is 42.5 Å². The molecular formula is C22H27N3O2. The molecule has 0 spiro atoms. The van der Waals surface area contributed by atoms with E-state index in [2.05, 4.69) is 10.6 Å². The molecule has 2 amide bonds. The van der Waals surface area contributed by atoms with Gasteiger partial charge < -0.3 is 15.5 Å². The zero-order valence-corrected chi connectivity index (χ0v) is 15.8. The number of anilines is 2. The largest absolute Gasteiger partial charge is 0.376 e. The molecule has 3 rings (SSSR count). The summed E-state index contributed by atoms with van der Waals surface area (Å²) in [6.45, 7) is 0.166. The van der Waals surface area contributed by atoms with Crippen molar-refractivity contribution in [2.24, 2.45) is 0 Å². The van der Waals surface area contributed by atoms with Crippen LogP contribution in [-0.2, 0) is 4.79 Å². The van der Waals surface area contributed by atoms with Crippen LogP contribution in [0.25, 0.3) is 0 Å². The van der Waals surface area contributed by atoms with Gasteiger partial charge in [-0.2, -0.15) is 0 Å². The first-order chi connectivity index (χ1) is 13.1. The molecule has 142 valence electrons. The van der Waals surface area contributed by atoms with Crippen LogP contribution in [0.1, 0.15) is 42.5 Å². The molecule has 0 aromatic heterocycles. The van der Waals surface area contributed by atoms with E-state index in [-0.39, 0.29) is 24.4 Å². The quantitative estimate of drug-likeness (QED) is 0.818. The van der Waals surface area contributed by atoms with Crippen LogP contribution in [0.2, 0.25) is 0 Å². The third-order valence-electron chi connectivity index (χ3n) is 5.03. The third-order valence-corrected chi connectivity index (χ3v) is 5.03. The molecule has 2 aromatic carbocycles. The number of carbonyl (C=O) groups excluding carboxylic acids is 2. The van der Waals surface area contributed by atoms with Crippen LogP contribution >= 0.6 is 0 Å². The smallest absolute Gasteiger partial charge is 0.251 e. The summed E-state index contributed by atoms with van der Waals surface area (Å²) in [5.41, 5.74) is 2.24. The normalized spacial score (nSPS) is 14.4. The lowest BCUT2D eigenvalue weighted by Crippen LogP contribution is -2.36. The summed E-state index contributed by atoms with van der Waals surface area (Å²) in [6, 6.07) is 17.1. The number of carbonyl (C=O) groups is 2. The average Bonchev–Trinajstić information content (AvgIpc) is 2.73. The van der Waals surface area contributed by atoms with Crippen LogP contribution in [0, 0.1) is 0 Å². The Morgan fingerprint density at radius 2 is 1.74 bits per heavy atom. The summed E-state index contributed by atoms with van der Waals surface area (Å²) in [6.07, 6.45) is 5.75. The number of benzene rings is 2. The number of nitrogens with zero attached hydrogens (tertiary/aromatic N) is 1. The van der Waals surface area contributed by atoms with Gasteiger partial charge >= 0.3 is 0 Å². The maximum atomic E-state index is 12.5. The van der Waals surface area contributed by atoms with Crippen molar-refractivity contribution in [2.75, 3.05) is 23.8 Å². The Labute approximate surface area is 160 Å². The fraction of sp³-hybridized carbons (Fsp3) is 0.364. The molecule has 2 aromatic rings. The van der Waals surface area contributed by atoms with Crippen molar-refractivity contribution in [2.45, 2.75) is 38.1 Å². The molecule has 0 aliphatic heterocycles. The number of hydrogen-bond acceptors (Lipinski definition) is 3. The Hall–Kier alpha value is -2.82. The molecule has 1 aliphatic rings. The van der Waals surface area contributed by atoms with Crippen LogP contribution in [0.3, 0.4) is 0 Å². The average molecular weight is 365 g/mol. The van der Waals surface area contributed by atoms with Crippen molar-refractivity contribution in [3.63, 3.8) is 0 Å². The van der Waals surface area contributed by atoms with Gasteiger partial charge in [0.25, 0.3) is 5.91 Å². The van der Waals surface area contributed by atoms with E-state index >= 15 is 0 Å². The monoisotopic (exact) mass is 365 g/mol. The van der Waals surface area contributed by atoms with Gasteiger partial charge in [0.15, 0.2) is 0 Å². The fourth-order valence-corrected chi connectivity index (χ4v) is 3.38.